The summed E-state index contributed by atoms with van der Waals surface area (Å²) in [5, 5.41) is 1.91. The first-order valence-corrected chi connectivity index (χ1v) is 10.3. The number of hydrogen-bond donors (Lipinski definition) is 0. The minimum absolute atomic E-state index is 0.0538. The monoisotopic (exact) mass is 450 g/mol. The van der Waals surface area contributed by atoms with Crippen molar-refractivity contribution in [3.8, 4) is 28.5 Å². The lowest BCUT2D eigenvalue weighted by atomic mass is 10.1. The second-order valence-electron chi connectivity index (χ2n) is 6.70. The number of rotatable bonds is 8. The normalized spacial score (nSPS) is 12.7. The molecule has 3 rings (SSSR count). The molecule has 1 unspecified atom stereocenters. The van der Waals surface area contributed by atoms with Gasteiger partial charge in [0.1, 0.15) is 11.5 Å². The van der Waals surface area contributed by atoms with E-state index in [-0.39, 0.29) is 11.7 Å². The maximum atomic E-state index is 14.2. The Morgan fingerprint density at radius 1 is 1.00 bits per heavy atom. The van der Waals surface area contributed by atoms with E-state index in [9.17, 15) is 8.78 Å². The van der Waals surface area contributed by atoms with Crippen LogP contribution in [0.15, 0.2) is 40.7 Å². The van der Waals surface area contributed by atoms with Crippen LogP contribution in [0, 0.1) is 11.6 Å². The number of aromatic nitrogens is 1. The van der Waals surface area contributed by atoms with Gasteiger partial charge in [-0.2, -0.15) is 0 Å². The highest BCUT2D eigenvalue weighted by atomic mass is 32.1. The van der Waals surface area contributed by atoms with Crippen molar-refractivity contribution in [2.45, 2.75) is 13.0 Å². The fourth-order valence-corrected chi connectivity index (χ4v) is 4.27. The lowest BCUT2D eigenvalue weighted by Crippen LogP contribution is -2.23. The number of benzene rings is 2. The van der Waals surface area contributed by atoms with Gasteiger partial charge < -0.3 is 23.5 Å². The smallest absolute Gasteiger partial charge is 0.203 e. The van der Waals surface area contributed by atoms with Crippen molar-refractivity contribution in [3.05, 3.63) is 52.1 Å². The van der Waals surface area contributed by atoms with Gasteiger partial charge in [0.25, 0.3) is 0 Å². The average molecular weight is 451 g/mol. The largest absolute Gasteiger partial charge is 0.493 e. The van der Waals surface area contributed by atoms with Crippen LogP contribution in [-0.4, -0.2) is 39.6 Å². The van der Waals surface area contributed by atoms with Gasteiger partial charge in [-0.25, -0.2) is 13.8 Å². The van der Waals surface area contributed by atoms with Crippen LogP contribution < -0.4 is 19.0 Å². The maximum absolute atomic E-state index is 14.2. The molecule has 0 aliphatic heterocycles. The first kappa shape index (κ1) is 22.8. The summed E-state index contributed by atoms with van der Waals surface area (Å²) in [5.41, 5.74) is 1.67. The fourth-order valence-electron chi connectivity index (χ4n) is 3.26. The number of halogens is 2. The van der Waals surface area contributed by atoms with Crippen LogP contribution in [0.25, 0.3) is 11.3 Å². The number of methoxy groups -OCH3 is 4. The highest BCUT2D eigenvalue weighted by molar-refractivity contribution is 7.07. The molecule has 3 aromatic rings. The molecule has 0 N–H and O–H groups in total. The third-order valence-electron chi connectivity index (χ3n) is 4.68. The third kappa shape index (κ3) is 4.72. The van der Waals surface area contributed by atoms with Crippen LogP contribution >= 0.6 is 11.3 Å². The standard InChI is InChI=1S/C22H24F2N2O4S/c1-13(11-27-2)26-18(14-8-19(28-3)21(30-5)20(9-14)29-4)12-31-22(26)25-17-7-6-15(23)10-16(17)24/h6-10,12-13H,11H2,1-5H3. The highest BCUT2D eigenvalue weighted by Gasteiger charge is 2.19. The van der Waals surface area contributed by atoms with E-state index in [1.54, 1.807) is 28.4 Å². The second kappa shape index (κ2) is 9.93. The summed E-state index contributed by atoms with van der Waals surface area (Å²) in [4.78, 5) is 4.99. The Morgan fingerprint density at radius 2 is 1.68 bits per heavy atom. The Labute approximate surface area is 183 Å². The molecule has 0 bridgehead atoms. The van der Waals surface area contributed by atoms with Gasteiger partial charge in [0, 0.05) is 24.1 Å². The Balaban J connectivity index is 2.24. The molecule has 9 heteroatoms. The van der Waals surface area contributed by atoms with Gasteiger partial charge in [0.05, 0.1) is 39.7 Å². The maximum Gasteiger partial charge on any atom is 0.203 e. The SMILES string of the molecule is COCC(C)n1c(-c2cc(OC)c(OC)c(OC)c2)csc1=Nc1ccc(F)cc1F. The summed E-state index contributed by atoms with van der Waals surface area (Å²) in [6, 6.07) is 6.86. The van der Waals surface area contributed by atoms with E-state index in [0.717, 1.165) is 17.3 Å². The molecule has 31 heavy (non-hydrogen) atoms. The van der Waals surface area contributed by atoms with Crippen molar-refractivity contribution in [2.24, 2.45) is 4.99 Å². The number of nitrogens with zero attached hydrogens (tertiary/aromatic N) is 2. The van der Waals surface area contributed by atoms with E-state index >= 15 is 0 Å². The molecule has 0 saturated heterocycles. The second-order valence-corrected chi connectivity index (χ2v) is 7.54. The lowest BCUT2D eigenvalue weighted by Gasteiger charge is -2.18. The lowest BCUT2D eigenvalue weighted by molar-refractivity contribution is 0.162. The molecule has 0 spiro atoms. The summed E-state index contributed by atoms with van der Waals surface area (Å²) in [5.74, 6) is 0.128. The Bertz CT molecular complexity index is 1100. The summed E-state index contributed by atoms with van der Waals surface area (Å²) >= 11 is 1.34. The van der Waals surface area contributed by atoms with Crippen LogP contribution in [0.1, 0.15) is 13.0 Å². The van der Waals surface area contributed by atoms with E-state index < -0.39 is 11.6 Å². The van der Waals surface area contributed by atoms with E-state index in [1.165, 1.54) is 23.5 Å². The van der Waals surface area contributed by atoms with Crippen LogP contribution in [-0.2, 0) is 4.74 Å². The zero-order valence-electron chi connectivity index (χ0n) is 17.9. The summed E-state index contributed by atoms with van der Waals surface area (Å²) in [7, 11) is 6.25. The van der Waals surface area contributed by atoms with Crippen molar-refractivity contribution >= 4 is 17.0 Å². The zero-order valence-corrected chi connectivity index (χ0v) is 18.8. The Kier molecular flexibility index (Phi) is 7.29. The van der Waals surface area contributed by atoms with E-state index in [2.05, 4.69) is 4.99 Å². The van der Waals surface area contributed by atoms with Crippen LogP contribution in [0.3, 0.4) is 0 Å². The molecule has 0 radical (unpaired) electrons. The van der Waals surface area contributed by atoms with E-state index in [0.29, 0.717) is 28.7 Å². The van der Waals surface area contributed by atoms with Gasteiger partial charge in [0.2, 0.25) is 5.75 Å². The van der Waals surface area contributed by atoms with Crippen molar-refractivity contribution < 1.29 is 27.7 Å². The van der Waals surface area contributed by atoms with Crippen molar-refractivity contribution in [3.63, 3.8) is 0 Å². The highest BCUT2D eigenvalue weighted by Crippen LogP contribution is 2.41. The topological polar surface area (TPSA) is 54.2 Å². The minimum atomic E-state index is -0.728. The average Bonchev–Trinajstić information content (AvgIpc) is 3.18. The number of hydrogen-bond acceptors (Lipinski definition) is 6. The minimum Gasteiger partial charge on any atom is -0.493 e. The molecule has 0 fully saturated rings. The van der Waals surface area contributed by atoms with Crippen molar-refractivity contribution in [2.75, 3.05) is 35.0 Å². The predicted molar refractivity (Wildman–Crippen MR) is 116 cm³/mol. The molecule has 1 atom stereocenters. The first-order chi connectivity index (χ1) is 14.9. The molecule has 2 aromatic carbocycles. The van der Waals surface area contributed by atoms with E-state index in [4.69, 9.17) is 18.9 Å². The van der Waals surface area contributed by atoms with Crippen molar-refractivity contribution in [1.82, 2.24) is 4.57 Å². The van der Waals surface area contributed by atoms with Gasteiger partial charge in [-0.3, -0.25) is 0 Å². The predicted octanol–water partition coefficient (Wildman–Crippen LogP) is 4.96. The van der Waals surface area contributed by atoms with Crippen LogP contribution in [0.5, 0.6) is 17.2 Å². The van der Waals surface area contributed by atoms with Crippen molar-refractivity contribution in [1.29, 1.82) is 0 Å². The summed E-state index contributed by atoms with van der Waals surface area (Å²) in [6.07, 6.45) is 0. The molecule has 1 aromatic heterocycles. The van der Waals surface area contributed by atoms with Gasteiger partial charge in [0.15, 0.2) is 22.1 Å². The van der Waals surface area contributed by atoms with E-state index in [1.807, 2.05) is 29.0 Å². The summed E-state index contributed by atoms with van der Waals surface area (Å²) < 4.78 is 51.1. The number of thiazole rings is 1. The molecule has 0 aliphatic carbocycles. The molecular formula is C22H24F2N2O4S. The first-order valence-electron chi connectivity index (χ1n) is 9.42. The molecular weight excluding hydrogens is 426 g/mol. The molecule has 0 amide bonds. The molecule has 0 saturated carbocycles. The Morgan fingerprint density at radius 3 is 2.23 bits per heavy atom. The van der Waals surface area contributed by atoms with Gasteiger partial charge >= 0.3 is 0 Å². The third-order valence-corrected chi connectivity index (χ3v) is 5.52. The molecule has 166 valence electrons. The quantitative estimate of drug-likeness (QED) is 0.487. The van der Waals surface area contributed by atoms with Gasteiger partial charge in [-0.1, -0.05) is 0 Å². The van der Waals surface area contributed by atoms with Gasteiger partial charge in [-0.05, 0) is 31.2 Å². The molecule has 6 nitrogen and oxygen atoms in total. The molecule has 1 heterocycles. The van der Waals surface area contributed by atoms with Crippen LogP contribution in [0.4, 0.5) is 14.5 Å². The fraction of sp³-hybridized carbons (Fsp3) is 0.318. The van der Waals surface area contributed by atoms with Gasteiger partial charge in [-0.15, -0.1) is 11.3 Å². The molecule has 0 aliphatic rings. The Hall–Kier alpha value is -2.91. The van der Waals surface area contributed by atoms with Crippen LogP contribution in [0.2, 0.25) is 0 Å². The zero-order chi connectivity index (χ0) is 22.5. The number of ether oxygens (including phenoxy) is 4. The summed E-state index contributed by atoms with van der Waals surface area (Å²) in [6.45, 7) is 2.38.